The highest BCUT2D eigenvalue weighted by Crippen LogP contribution is 2.23. The summed E-state index contributed by atoms with van der Waals surface area (Å²) >= 11 is 0. The highest BCUT2D eigenvalue weighted by molar-refractivity contribution is 5.48. The molecular formula is C16H29N5. The van der Waals surface area contributed by atoms with Gasteiger partial charge in [-0.1, -0.05) is 20.8 Å². The van der Waals surface area contributed by atoms with E-state index in [0.717, 1.165) is 30.3 Å². The van der Waals surface area contributed by atoms with Crippen LogP contribution in [0.1, 0.15) is 51.0 Å². The fraction of sp³-hybridized carbons (Fsp3) is 0.750. The molecule has 2 heterocycles. The van der Waals surface area contributed by atoms with Crippen molar-refractivity contribution in [1.29, 1.82) is 0 Å². The highest BCUT2D eigenvalue weighted by Gasteiger charge is 2.25. The van der Waals surface area contributed by atoms with Crippen LogP contribution in [0.4, 0.5) is 5.69 Å². The second-order valence-corrected chi connectivity index (χ2v) is 6.22. The quantitative estimate of drug-likeness (QED) is 0.868. The standard InChI is InChI=1S/C16H29N5/c1-5-21-8-6-7-13(21)11-20(4)15-10-18-16(12(2)3)19-14(15)9-17/h10,12-13H,5-9,11,17H2,1-4H3. The van der Waals surface area contributed by atoms with Crippen LogP contribution in [0.5, 0.6) is 0 Å². The van der Waals surface area contributed by atoms with Crippen molar-refractivity contribution in [3.8, 4) is 0 Å². The summed E-state index contributed by atoms with van der Waals surface area (Å²) in [4.78, 5) is 14.0. The monoisotopic (exact) mass is 291 g/mol. The molecule has 2 N–H and O–H groups in total. The van der Waals surface area contributed by atoms with Crippen LogP contribution in [-0.2, 0) is 6.54 Å². The highest BCUT2D eigenvalue weighted by atomic mass is 15.2. The van der Waals surface area contributed by atoms with Gasteiger partial charge in [0.15, 0.2) is 0 Å². The third kappa shape index (κ3) is 3.71. The van der Waals surface area contributed by atoms with Crippen LogP contribution in [0.3, 0.4) is 0 Å². The van der Waals surface area contributed by atoms with Crippen molar-refractivity contribution in [1.82, 2.24) is 14.9 Å². The van der Waals surface area contributed by atoms with Gasteiger partial charge in [0.2, 0.25) is 0 Å². The Labute approximate surface area is 128 Å². The zero-order valence-corrected chi connectivity index (χ0v) is 13.8. The van der Waals surface area contributed by atoms with E-state index in [-0.39, 0.29) is 0 Å². The molecule has 118 valence electrons. The maximum absolute atomic E-state index is 5.89. The van der Waals surface area contributed by atoms with E-state index < -0.39 is 0 Å². The third-order valence-electron chi connectivity index (χ3n) is 4.38. The summed E-state index contributed by atoms with van der Waals surface area (Å²) in [6.45, 7) is 10.3. The predicted molar refractivity (Wildman–Crippen MR) is 87.6 cm³/mol. The molecule has 0 aliphatic carbocycles. The molecule has 1 saturated heterocycles. The maximum atomic E-state index is 5.89. The minimum Gasteiger partial charge on any atom is -0.370 e. The number of hydrogen-bond donors (Lipinski definition) is 1. The Morgan fingerprint density at radius 3 is 2.86 bits per heavy atom. The largest absolute Gasteiger partial charge is 0.370 e. The van der Waals surface area contributed by atoms with E-state index in [1.54, 1.807) is 0 Å². The van der Waals surface area contributed by atoms with Gasteiger partial charge in [-0.25, -0.2) is 9.97 Å². The van der Waals surface area contributed by atoms with Gasteiger partial charge in [0.05, 0.1) is 17.6 Å². The van der Waals surface area contributed by atoms with Crippen LogP contribution < -0.4 is 10.6 Å². The molecule has 0 bridgehead atoms. The van der Waals surface area contributed by atoms with Crippen LogP contribution >= 0.6 is 0 Å². The van der Waals surface area contributed by atoms with Crippen LogP contribution in [0.25, 0.3) is 0 Å². The fourth-order valence-corrected chi connectivity index (χ4v) is 3.11. The number of nitrogens with two attached hydrogens (primary N) is 1. The molecule has 1 aromatic heterocycles. The van der Waals surface area contributed by atoms with Gasteiger partial charge >= 0.3 is 0 Å². The molecule has 1 fully saturated rings. The van der Waals surface area contributed by atoms with E-state index in [4.69, 9.17) is 5.73 Å². The Morgan fingerprint density at radius 1 is 1.48 bits per heavy atom. The Hall–Kier alpha value is -1.20. The first-order valence-electron chi connectivity index (χ1n) is 8.07. The second-order valence-electron chi connectivity index (χ2n) is 6.22. The van der Waals surface area contributed by atoms with Crippen LogP contribution in [0.2, 0.25) is 0 Å². The van der Waals surface area contributed by atoms with Crippen molar-refractivity contribution in [3.05, 3.63) is 17.7 Å². The van der Waals surface area contributed by atoms with E-state index in [1.807, 2.05) is 6.20 Å². The lowest BCUT2D eigenvalue weighted by atomic mass is 10.1. The Bertz CT molecular complexity index is 460. The van der Waals surface area contributed by atoms with Crippen molar-refractivity contribution in [3.63, 3.8) is 0 Å². The first-order valence-corrected chi connectivity index (χ1v) is 8.07. The molecular weight excluding hydrogens is 262 g/mol. The first-order chi connectivity index (χ1) is 10.1. The molecule has 0 aromatic carbocycles. The fourth-order valence-electron chi connectivity index (χ4n) is 3.11. The Kier molecular flexibility index (Phi) is 5.53. The van der Waals surface area contributed by atoms with E-state index in [2.05, 4.69) is 47.6 Å². The van der Waals surface area contributed by atoms with Gasteiger partial charge < -0.3 is 10.6 Å². The number of anilines is 1. The normalized spacial score (nSPS) is 19.4. The van der Waals surface area contributed by atoms with Crippen molar-refractivity contribution in [2.24, 2.45) is 5.73 Å². The van der Waals surface area contributed by atoms with Gasteiger partial charge in [-0.15, -0.1) is 0 Å². The van der Waals surface area contributed by atoms with Gasteiger partial charge in [0, 0.05) is 32.1 Å². The number of hydrogen-bond acceptors (Lipinski definition) is 5. The van der Waals surface area contributed by atoms with E-state index >= 15 is 0 Å². The molecule has 0 saturated carbocycles. The van der Waals surface area contributed by atoms with Crippen molar-refractivity contribution in [2.75, 3.05) is 31.6 Å². The lowest BCUT2D eigenvalue weighted by Gasteiger charge is -2.29. The maximum Gasteiger partial charge on any atom is 0.131 e. The van der Waals surface area contributed by atoms with Crippen molar-refractivity contribution >= 4 is 5.69 Å². The average molecular weight is 291 g/mol. The third-order valence-corrected chi connectivity index (χ3v) is 4.38. The van der Waals surface area contributed by atoms with Crippen molar-refractivity contribution < 1.29 is 0 Å². The van der Waals surface area contributed by atoms with E-state index in [9.17, 15) is 0 Å². The minimum atomic E-state index is 0.333. The SMILES string of the molecule is CCN1CCCC1CN(C)c1cnc(C(C)C)nc1CN. The van der Waals surface area contributed by atoms with E-state index in [1.165, 1.54) is 19.4 Å². The zero-order valence-electron chi connectivity index (χ0n) is 13.8. The first kappa shape index (κ1) is 16.2. The molecule has 21 heavy (non-hydrogen) atoms. The number of rotatable bonds is 6. The summed E-state index contributed by atoms with van der Waals surface area (Å²) in [7, 11) is 2.12. The molecule has 1 unspecified atom stereocenters. The van der Waals surface area contributed by atoms with Crippen LogP contribution in [0, 0.1) is 0 Å². The Morgan fingerprint density at radius 2 is 2.24 bits per heavy atom. The van der Waals surface area contributed by atoms with Crippen molar-refractivity contribution in [2.45, 2.75) is 52.1 Å². The summed E-state index contributed by atoms with van der Waals surface area (Å²) < 4.78 is 0. The molecule has 5 nitrogen and oxygen atoms in total. The summed E-state index contributed by atoms with van der Waals surface area (Å²) in [5, 5.41) is 0. The molecule has 0 radical (unpaired) electrons. The van der Waals surface area contributed by atoms with Crippen LogP contribution in [0.15, 0.2) is 6.20 Å². The molecule has 0 amide bonds. The minimum absolute atomic E-state index is 0.333. The predicted octanol–water partition coefficient (Wildman–Crippen LogP) is 1.98. The number of likely N-dealkylation sites (tertiary alicyclic amines) is 1. The lowest BCUT2D eigenvalue weighted by Crippen LogP contribution is -2.39. The zero-order chi connectivity index (χ0) is 15.4. The van der Waals surface area contributed by atoms with Gasteiger partial charge in [0.25, 0.3) is 0 Å². The van der Waals surface area contributed by atoms with Gasteiger partial charge in [-0.05, 0) is 25.9 Å². The smallest absolute Gasteiger partial charge is 0.131 e. The summed E-state index contributed by atoms with van der Waals surface area (Å²) in [6.07, 6.45) is 4.52. The number of aromatic nitrogens is 2. The number of nitrogens with zero attached hydrogens (tertiary/aromatic N) is 4. The molecule has 1 aliphatic heterocycles. The lowest BCUT2D eigenvalue weighted by molar-refractivity contribution is 0.270. The Balaban J connectivity index is 2.13. The molecule has 0 spiro atoms. The van der Waals surface area contributed by atoms with Gasteiger partial charge in [0.1, 0.15) is 5.82 Å². The summed E-state index contributed by atoms with van der Waals surface area (Å²) in [5.41, 5.74) is 7.92. The molecule has 5 heteroatoms. The second kappa shape index (κ2) is 7.18. The summed E-state index contributed by atoms with van der Waals surface area (Å²) in [6, 6.07) is 0.635. The molecule has 1 aliphatic rings. The van der Waals surface area contributed by atoms with E-state index in [0.29, 0.717) is 18.5 Å². The summed E-state index contributed by atoms with van der Waals surface area (Å²) in [5.74, 6) is 1.21. The van der Waals surface area contributed by atoms with Gasteiger partial charge in [-0.3, -0.25) is 4.90 Å². The molecule has 1 aromatic rings. The number of likely N-dealkylation sites (N-methyl/N-ethyl adjacent to an activating group) is 2. The topological polar surface area (TPSA) is 58.3 Å². The van der Waals surface area contributed by atoms with Crippen LogP contribution in [-0.4, -0.2) is 47.6 Å². The molecule has 1 atom stereocenters. The molecule has 2 rings (SSSR count). The average Bonchev–Trinajstić information content (AvgIpc) is 2.93. The van der Waals surface area contributed by atoms with Gasteiger partial charge in [-0.2, -0.15) is 0 Å².